The van der Waals surface area contributed by atoms with E-state index in [1.807, 2.05) is 32.1 Å². The van der Waals surface area contributed by atoms with Gasteiger partial charge in [0, 0.05) is 24.6 Å². The number of hydrogen-bond acceptors (Lipinski definition) is 6. The third-order valence-electron chi connectivity index (χ3n) is 6.79. The number of methoxy groups -OCH3 is 1. The van der Waals surface area contributed by atoms with Crippen molar-refractivity contribution in [3.8, 4) is 0 Å². The molecule has 8 heteroatoms. The predicted molar refractivity (Wildman–Crippen MR) is 128 cm³/mol. The second-order valence-corrected chi connectivity index (χ2v) is 9.22. The number of nitrogens with zero attached hydrogens (tertiary/aromatic N) is 4. The van der Waals surface area contributed by atoms with Gasteiger partial charge in [-0.15, -0.1) is 0 Å². The van der Waals surface area contributed by atoms with E-state index in [1.165, 1.54) is 12.4 Å². The highest BCUT2D eigenvalue weighted by atomic mass is 19.1. The Bertz CT molecular complexity index is 1330. The SMILES string of the molecule is COC1(C)CC=CC(F)=C1C1=Nc2c(C)cccc2CC1(C)CNc1ncnc2nc[nH]c12. The van der Waals surface area contributed by atoms with Gasteiger partial charge in [0.25, 0.3) is 0 Å². The molecule has 7 nitrogen and oxygen atoms in total. The molecule has 0 spiro atoms. The maximum Gasteiger partial charge on any atom is 0.182 e. The van der Waals surface area contributed by atoms with Crippen molar-refractivity contribution in [2.45, 2.75) is 39.2 Å². The van der Waals surface area contributed by atoms with E-state index < -0.39 is 11.0 Å². The smallest absolute Gasteiger partial charge is 0.182 e. The number of fused-ring (bicyclic) bond motifs is 2. The number of aryl methyl sites for hydroxylation is 1. The number of benzene rings is 1. The molecule has 1 aromatic carbocycles. The predicted octanol–water partition coefficient (Wildman–Crippen LogP) is 5.00. The molecule has 0 saturated heterocycles. The molecule has 0 radical (unpaired) electrons. The van der Waals surface area contributed by atoms with Crippen molar-refractivity contribution in [1.29, 1.82) is 0 Å². The van der Waals surface area contributed by atoms with Crippen molar-refractivity contribution < 1.29 is 9.13 Å². The molecule has 0 saturated carbocycles. The number of imidazole rings is 1. The summed E-state index contributed by atoms with van der Waals surface area (Å²) in [7, 11) is 1.63. The van der Waals surface area contributed by atoms with Gasteiger partial charge in [0.2, 0.25) is 0 Å². The number of allylic oxidation sites excluding steroid dienone is 2. The minimum Gasteiger partial charge on any atom is -0.373 e. The zero-order valence-corrected chi connectivity index (χ0v) is 19.2. The van der Waals surface area contributed by atoms with E-state index >= 15 is 4.39 Å². The van der Waals surface area contributed by atoms with Gasteiger partial charge >= 0.3 is 0 Å². The molecular formula is C25H27FN6O. The van der Waals surface area contributed by atoms with E-state index in [9.17, 15) is 0 Å². The van der Waals surface area contributed by atoms with Crippen LogP contribution in [0.4, 0.5) is 15.9 Å². The largest absolute Gasteiger partial charge is 0.373 e. The van der Waals surface area contributed by atoms with Gasteiger partial charge in [-0.2, -0.15) is 0 Å². The second kappa shape index (κ2) is 7.88. The summed E-state index contributed by atoms with van der Waals surface area (Å²) in [4.78, 5) is 21.0. The van der Waals surface area contributed by atoms with E-state index in [0.717, 1.165) is 22.3 Å². The summed E-state index contributed by atoms with van der Waals surface area (Å²) in [5, 5.41) is 3.45. The van der Waals surface area contributed by atoms with E-state index in [1.54, 1.807) is 13.4 Å². The molecule has 1 aliphatic carbocycles. The molecule has 2 unspecified atom stereocenters. The molecule has 2 atom stereocenters. The number of rotatable bonds is 5. The zero-order chi connectivity index (χ0) is 23.2. The molecule has 3 aromatic rings. The van der Waals surface area contributed by atoms with Crippen LogP contribution in [0.15, 0.2) is 59.4 Å². The number of H-pyrrole nitrogens is 1. The molecule has 0 fully saturated rings. The maximum absolute atomic E-state index is 15.4. The molecule has 0 amide bonds. The summed E-state index contributed by atoms with van der Waals surface area (Å²) in [5.41, 5.74) is 4.36. The lowest BCUT2D eigenvalue weighted by molar-refractivity contribution is 0.0418. The van der Waals surface area contributed by atoms with E-state index in [4.69, 9.17) is 9.73 Å². The van der Waals surface area contributed by atoms with Crippen LogP contribution in [0.25, 0.3) is 11.2 Å². The first kappa shape index (κ1) is 21.5. The standard InChI is InChI=1S/C25H27FN6O/c1-15-7-5-8-16-11-24(2,12-27-22-20-23(29-13-28-20)31-14-30-22)21(32-19(15)16)18-17(26)9-6-10-25(18,3)33-4/h5-9,13-14H,10-12H2,1-4H3,(H2,27,28,29,30,31). The Kier molecular flexibility index (Phi) is 5.12. The topological polar surface area (TPSA) is 88.1 Å². The van der Waals surface area contributed by atoms with Crippen LogP contribution in [-0.2, 0) is 11.2 Å². The van der Waals surface area contributed by atoms with Gasteiger partial charge in [-0.1, -0.05) is 31.2 Å². The Balaban J connectivity index is 1.62. The number of para-hydroxylation sites is 1. The van der Waals surface area contributed by atoms with Crippen molar-refractivity contribution in [1.82, 2.24) is 19.9 Å². The number of hydrogen-bond donors (Lipinski definition) is 2. The Morgan fingerprint density at radius 3 is 2.88 bits per heavy atom. The van der Waals surface area contributed by atoms with Gasteiger partial charge in [-0.25, -0.2) is 19.3 Å². The van der Waals surface area contributed by atoms with Crippen molar-refractivity contribution in [3.05, 3.63) is 65.5 Å². The number of halogens is 1. The van der Waals surface area contributed by atoms with E-state index in [2.05, 4.69) is 38.2 Å². The molecular weight excluding hydrogens is 419 g/mol. The van der Waals surface area contributed by atoms with Gasteiger partial charge in [0.15, 0.2) is 11.5 Å². The molecule has 0 bridgehead atoms. The van der Waals surface area contributed by atoms with Gasteiger partial charge in [-0.05, 0) is 43.9 Å². The number of anilines is 1. The van der Waals surface area contributed by atoms with Crippen LogP contribution in [0.3, 0.4) is 0 Å². The van der Waals surface area contributed by atoms with Crippen LogP contribution in [0, 0.1) is 12.3 Å². The van der Waals surface area contributed by atoms with Gasteiger partial charge in [-0.3, -0.25) is 4.99 Å². The van der Waals surface area contributed by atoms with Crippen LogP contribution >= 0.6 is 0 Å². The van der Waals surface area contributed by atoms with Gasteiger partial charge in [0.1, 0.15) is 17.7 Å². The fourth-order valence-corrected chi connectivity index (χ4v) is 4.83. The highest BCUT2D eigenvalue weighted by molar-refractivity contribution is 6.09. The molecule has 3 heterocycles. The molecule has 2 aromatic heterocycles. The molecule has 1 aliphatic heterocycles. The summed E-state index contributed by atoms with van der Waals surface area (Å²) in [6, 6.07) is 6.18. The maximum atomic E-state index is 15.4. The van der Waals surface area contributed by atoms with Gasteiger partial charge in [0.05, 0.1) is 23.3 Å². The number of nitrogens with one attached hydrogen (secondary N) is 2. The summed E-state index contributed by atoms with van der Waals surface area (Å²) in [5.74, 6) is 0.353. The molecule has 33 heavy (non-hydrogen) atoms. The van der Waals surface area contributed by atoms with Crippen LogP contribution < -0.4 is 5.32 Å². The van der Waals surface area contributed by atoms with Crippen LogP contribution in [0.5, 0.6) is 0 Å². The minimum absolute atomic E-state index is 0.300. The van der Waals surface area contributed by atoms with Gasteiger partial charge < -0.3 is 15.0 Å². The first-order valence-electron chi connectivity index (χ1n) is 11.0. The quantitative estimate of drug-likeness (QED) is 0.576. The fourth-order valence-electron chi connectivity index (χ4n) is 4.83. The molecule has 2 N–H and O–H groups in total. The number of ether oxygens (including phenoxy) is 1. The second-order valence-electron chi connectivity index (χ2n) is 9.22. The average molecular weight is 447 g/mol. The summed E-state index contributed by atoms with van der Waals surface area (Å²) in [6.07, 6.45) is 7.70. The summed E-state index contributed by atoms with van der Waals surface area (Å²) in [6.45, 7) is 6.57. The molecule has 2 aliphatic rings. The zero-order valence-electron chi connectivity index (χ0n) is 19.2. The van der Waals surface area contributed by atoms with Crippen molar-refractivity contribution in [2.24, 2.45) is 10.4 Å². The van der Waals surface area contributed by atoms with Crippen LogP contribution in [0.1, 0.15) is 31.4 Å². The lowest BCUT2D eigenvalue weighted by Crippen LogP contribution is -2.46. The van der Waals surface area contributed by atoms with Crippen LogP contribution in [-0.4, -0.2) is 44.9 Å². The number of aliphatic imine (C=N–C) groups is 1. The Labute approximate surface area is 191 Å². The Morgan fingerprint density at radius 1 is 1.21 bits per heavy atom. The fraction of sp³-hybridized carbons (Fsp3) is 0.360. The first-order chi connectivity index (χ1) is 15.8. The molecule has 5 rings (SSSR count). The van der Waals surface area contributed by atoms with Crippen molar-refractivity contribution in [2.75, 3.05) is 19.0 Å². The van der Waals surface area contributed by atoms with Crippen molar-refractivity contribution in [3.63, 3.8) is 0 Å². The van der Waals surface area contributed by atoms with Crippen molar-refractivity contribution >= 4 is 28.4 Å². The Morgan fingerprint density at radius 2 is 2.06 bits per heavy atom. The minimum atomic E-state index is -0.801. The lowest BCUT2D eigenvalue weighted by Gasteiger charge is -2.42. The van der Waals surface area contributed by atoms with E-state index in [-0.39, 0.29) is 5.83 Å². The third-order valence-corrected chi connectivity index (χ3v) is 6.79. The highest BCUT2D eigenvalue weighted by Crippen LogP contribution is 2.45. The van der Waals surface area contributed by atoms with E-state index in [0.29, 0.717) is 42.1 Å². The Hall–Kier alpha value is -3.39. The third kappa shape index (κ3) is 3.54. The number of aromatic amines is 1. The normalized spacial score (nSPS) is 24.7. The summed E-state index contributed by atoms with van der Waals surface area (Å²) >= 11 is 0. The molecule has 170 valence electrons. The summed E-state index contributed by atoms with van der Waals surface area (Å²) < 4.78 is 21.3. The number of aromatic nitrogens is 4. The lowest BCUT2D eigenvalue weighted by atomic mass is 9.69. The highest BCUT2D eigenvalue weighted by Gasteiger charge is 2.45. The first-order valence-corrected chi connectivity index (χ1v) is 11.0. The average Bonchev–Trinajstić information content (AvgIpc) is 3.28. The van der Waals surface area contributed by atoms with Crippen LogP contribution in [0.2, 0.25) is 0 Å². The monoisotopic (exact) mass is 446 g/mol.